The van der Waals surface area contributed by atoms with E-state index in [0.717, 1.165) is 42.6 Å². The molecule has 3 aliphatic rings. The topological polar surface area (TPSA) is 75.5 Å². The van der Waals surface area contributed by atoms with E-state index in [2.05, 4.69) is 10.2 Å². The third-order valence-corrected chi connectivity index (χ3v) is 6.01. The van der Waals surface area contributed by atoms with Gasteiger partial charge in [-0.25, -0.2) is 0 Å². The smallest absolute Gasteiger partial charge is 0.270 e. The number of fused-ring (bicyclic) bond motifs is 4. The zero-order chi connectivity index (χ0) is 16.0. The van der Waals surface area contributed by atoms with E-state index in [-0.39, 0.29) is 17.6 Å². The van der Waals surface area contributed by atoms with Crippen molar-refractivity contribution in [3.05, 3.63) is 39.3 Å². The molecule has 7 heteroatoms. The average Bonchev–Trinajstić information content (AvgIpc) is 2.99. The number of rotatable bonds is 3. The predicted molar refractivity (Wildman–Crippen MR) is 88.9 cm³/mol. The summed E-state index contributed by atoms with van der Waals surface area (Å²) in [7, 11) is 0. The quantitative estimate of drug-likeness (QED) is 0.693. The molecule has 1 aromatic carbocycles. The molecule has 1 atom stereocenters. The SMILES string of the molecule is O=C(NC1CN2CCC1CC2)c1cc2ccc([N+](=O)[O-])cc2s1. The second kappa shape index (κ2) is 5.58. The first-order chi connectivity index (χ1) is 11.1. The molecule has 6 nitrogen and oxygen atoms in total. The highest BCUT2D eigenvalue weighted by atomic mass is 32.1. The second-order valence-electron chi connectivity index (χ2n) is 6.31. The molecule has 2 aromatic rings. The van der Waals surface area contributed by atoms with Crippen molar-refractivity contribution in [3.63, 3.8) is 0 Å². The number of thiophene rings is 1. The van der Waals surface area contributed by atoms with Gasteiger partial charge in [0.2, 0.25) is 0 Å². The zero-order valence-electron chi connectivity index (χ0n) is 12.5. The lowest BCUT2D eigenvalue weighted by Crippen LogP contribution is -2.57. The van der Waals surface area contributed by atoms with Crippen LogP contribution in [0.2, 0.25) is 0 Å². The van der Waals surface area contributed by atoms with E-state index >= 15 is 0 Å². The van der Waals surface area contributed by atoms with Gasteiger partial charge in [0.15, 0.2) is 0 Å². The van der Waals surface area contributed by atoms with E-state index in [9.17, 15) is 14.9 Å². The first kappa shape index (κ1) is 14.6. The van der Waals surface area contributed by atoms with Crippen LogP contribution in [0.4, 0.5) is 5.69 Å². The Kier molecular flexibility index (Phi) is 3.54. The van der Waals surface area contributed by atoms with Gasteiger partial charge in [0.1, 0.15) is 0 Å². The summed E-state index contributed by atoms with van der Waals surface area (Å²) in [5, 5.41) is 14.9. The van der Waals surface area contributed by atoms with Gasteiger partial charge in [0.05, 0.1) is 9.80 Å². The Bertz CT molecular complexity index is 780. The van der Waals surface area contributed by atoms with Crippen LogP contribution in [0.3, 0.4) is 0 Å². The van der Waals surface area contributed by atoms with Crippen LogP contribution in [0.1, 0.15) is 22.5 Å². The van der Waals surface area contributed by atoms with Crippen LogP contribution in [0.15, 0.2) is 24.3 Å². The summed E-state index contributed by atoms with van der Waals surface area (Å²) in [5.74, 6) is 0.520. The van der Waals surface area contributed by atoms with E-state index in [4.69, 9.17) is 0 Å². The molecule has 23 heavy (non-hydrogen) atoms. The van der Waals surface area contributed by atoms with Gasteiger partial charge in [-0.2, -0.15) is 0 Å². The van der Waals surface area contributed by atoms with Crippen LogP contribution in [-0.4, -0.2) is 41.4 Å². The standard InChI is InChI=1S/C16H17N3O3S/c20-16(17-13-9-18-5-3-10(13)4-6-18)15-7-11-1-2-12(19(21)22)8-14(11)23-15/h1-2,7-8,10,13H,3-6,9H2,(H,17,20). The van der Waals surface area contributed by atoms with Crippen LogP contribution < -0.4 is 5.32 Å². The number of hydrogen-bond acceptors (Lipinski definition) is 5. The van der Waals surface area contributed by atoms with E-state index in [1.54, 1.807) is 6.07 Å². The van der Waals surface area contributed by atoms with Crippen LogP contribution in [0.25, 0.3) is 10.1 Å². The van der Waals surface area contributed by atoms with Crippen molar-refractivity contribution in [2.75, 3.05) is 19.6 Å². The lowest BCUT2D eigenvalue weighted by atomic mass is 9.84. The average molecular weight is 331 g/mol. The van der Waals surface area contributed by atoms with Gasteiger partial charge in [-0.3, -0.25) is 14.9 Å². The van der Waals surface area contributed by atoms with Crippen molar-refractivity contribution in [2.45, 2.75) is 18.9 Å². The summed E-state index contributed by atoms with van der Waals surface area (Å²) in [6.45, 7) is 3.22. The largest absolute Gasteiger partial charge is 0.347 e. The lowest BCUT2D eigenvalue weighted by Gasteiger charge is -2.44. The van der Waals surface area contributed by atoms with E-state index in [1.807, 2.05) is 6.07 Å². The highest BCUT2D eigenvalue weighted by Gasteiger charge is 2.35. The van der Waals surface area contributed by atoms with Crippen LogP contribution in [0, 0.1) is 16.0 Å². The monoisotopic (exact) mass is 331 g/mol. The van der Waals surface area contributed by atoms with Gasteiger partial charge < -0.3 is 10.2 Å². The molecule has 1 N–H and O–H groups in total. The molecule has 3 aliphatic heterocycles. The number of nitrogens with one attached hydrogen (secondary N) is 1. The Hall–Kier alpha value is -1.99. The normalized spacial score (nSPS) is 26.3. The number of carbonyl (C=O) groups excluding carboxylic acids is 1. The summed E-state index contributed by atoms with van der Waals surface area (Å²) in [6, 6.07) is 6.76. The van der Waals surface area contributed by atoms with Crippen LogP contribution >= 0.6 is 11.3 Å². The van der Waals surface area contributed by atoms with Gasteiger partial charge >= 0.3 is 0 Å². The van der Waals surface area contributed by atoms with Crippen molar-refractivity contribution in [3.8, 4) is 0 Å². The van der Waals surface area contributed by atoms with Crippen molar-refractivity contribution in [1.82, 2.24) is 10.2 Å². The van der Waals surface area contributed by atoms with E-state index < -0.39 is 4.92 Å². The highest BCUT2D eigenvalue weighted by Crippen LogP contribution is 2.31. The number of hydrogen-bond donors (Lipinski definition) is 1. The fourth-order valence-electron chi connectivity index (χ4n) is 3.61. The first-order valence-corrected chi connectivity index (χ1v) is 8.63. The first-order valence-electron chi connectivity index (χ1n) is 7.81. The number of nitro groups is 1. The third-order valence-electron chi connectivity index (χ3n) is 4.91. The summed E-state index contributed by atoms with van der Waals surface area (Å²) in [4.78, 5) is 26.0. The van der Waals surface area contributed by atoms with Crippen molar-refractivity contribution in [2.24, 2.45) is 5.92 Å². The van der Waals surface area contributed by atoms with Crippen LogP contribution in [0.5, 0.6) is 0 Å². The minimum absolute atomic E-state index is 0.0590. The molecular formula is C16H17N3O3S. The third kappa shape index (κ3) is 2.70. The summed E-state index contributed by atoms with van der Waals surface area (Å²) >= 11 is 1.32. The van der Waals surface area contributed by atoms with E-state index in [0.29, 0.717) is 10.8 Å². The zero-order valence-corrected chi connectivity index (χ0v) is 13.3. The minimum Gasteiger partial charge on any atom is -0.347 e. The van der Waals surface area contributed by atoms with Crippen molar-refractivity contribution >= 4 is 33.0 Å². The Morgan fingerprint density at radius 1 is 1.30 bits per heavy atom. The summed E-state index contributed by atoms with van der Waals surface area (Å²) in [5.41, 5.74) is 0.0590. The number of non-ortho nitro benzene ring substituents is 1. The molecule has 1 amide bonds. The highest BCUT2D eigenvalue weighted by molar-refractivity contribution is 7.20. The lowest BCUT2D eigenvalue weighted by molar-refractivity contribution is -0.384. The molecule has 0 radical (unpaired) electrons. The molecule has 4 heterocycles. The number of amides is 1. The fourth-order valence-corrected chi connectivity index (χ4v) is 4.61. The molecule has 3 saturated heterocycles. The van der Waals surface area contributed by atoms with Gasteiger partial charge in [0.25, 0.3) is 11.6 Å². The molecule has 0 aliphatic carbocycles. The van der Waals surface area contributed by atoms with Gasteiger partial charge in [0, 0.05) is 29.4 Å². The van der Waals surface area contributed by atoms with Crippen LogP contribution in [-0.2, 0) is 0 Å². The predicted octanol–water partition coefficient (Wildman–Crippen LogP) is 2.63. The molecule has 0 saturated carbocycles. The van der Waals surface area contributed by atoms with Crippen molar-refractivity contribution < 1.29 is 9.72 Å². The molecule has 120 valence electrons. The maximum absolute atomic E-state index is 12.5. The Balaban J connectivity index is 1.54. The van der Waals surface area contributed by atoms with E-state index in [1.165, 1.54) is 23.5 Å². The summed E-state index contributed by atoms with van der Waals surface area (Å²) < 4.78 is 0.776. The molecule has 2 bridgehead atoms. The maximum atomic E-state index is 12.5. The Morgan fingerprint density at radius 2 is 2.09 bits per heavy atom. The molecule has 1 aromatic heterocycles. The number of benzene rings is 1. The fraction of sp³-hybridized carbons (Fsp3) is 0.438. The molecule has 0 spiro atoms. The Labute approximate surface area is 137 Å². The van der Waals surface area contributed by atoms with Gasteiger partial charge in [-0.1, -0.05) is 0 Å². The maximum Gasteiger partial charge on any atom is 0.270 e. The summed E-state index contributed by atoms with van der Waals surface area (Å²) in [6.07, 6.45) is 2.31. The molecule has 1 unspecified atom stereocenters. The number of nitro benzene ring substituents is 1. The van der Waals surface area contributed by atoms with Gasteiger partial charge in [-0.05, 0) is 49.4 Å². The second-order valence-corrected chi connectivity index (χ2v) is 7.39. The molecular weight excluding hydrogens is 314 g/mol. The van der Waals surface area contributed by atoms with Crippen molar-refractivity contribution in [1.29, 1.82) is 0 Å². The Morgan fingerprint density at radius 3 is 2.74 bits per heavy atom. The number of carbonyl (C=O) groups is 1. The number of piperidine rings is 3. The minimum atomic E-state index is -0.411. The molecule has 5 rings (SSSR count). The number of nitrogens with zero attached hydrogens (tertiary/aromatic N) is 2. The van der Waals surface area contributed by atoms with Gasteiger partial charge in [-0.15, -0.1) is 11.3 Å². The molecule has 3 fully saturated rings.